The molecule has 6 nitrogen and oxygen atoms in total. The molecule has 0 aliphatic carbocycles. The molecule has 0 aliphatic heterocycles. The minimum Gasteiger partial charge on any atom is -0.496 e. The maximum atomic E-state index is 9.64. The van der Waals surface area contributed by atoms with Gasteiger partial charge in [0.25, 0.3) is 0 Å². The third-order valence-electron chi connectivity index (χ3n) is 4.04. The average molecular weight is 437 g/mol. The molecule has 0 amide bonds. The normalized spacial score (nSPS) is 11.1. The zero-order valence-electron chi connectivity index (χ0n) is 15.2. The molecule has 7 heteroatoms. The van der Waals surface area contributed by atoms with Crippen LogP contribution >= 0.6 is 15.9 Å². The number of H-pyrrole nitrogens is 1. The Bertz CT molecular complexity index is 1070. The SMILES string of the molecule is COc1cc(OCCCC#N)c(Br)cc1C=C(C#N)c1nc2ccccc2[nH]1. The van der Waals surface area contributed by atoms with Gasteiger partial charge in [0, 0.05) is 18.1 Å². The second-order valence-corrected chi connectivity index (χ2v) is 6.76. The number of para-hydroxylation sites is 2. The highest BCUT2D eigenvalue weighted by Gasteiger charge is 2.13. The summed E-state index contributed by atoms with van der Waals surface area (Å²) in [5.74, 6) is 1.69. The molecule has 0 saturated heterocycles. The van der Waals surface area contributed by atoms with Crippen LogP contribution in [0.4, 0.5) is 0 Å². The Balaban J connectivity index is 1.93. The van der Waals surface area contributed by atoms with Gasteiger partial charge in [-0.25, -0.2) is 4.98 Å². The van der Waals surface area contributed by atoms with Crippen molar-refractivity contribution in [3.63, 3.8) is 0 Å². The third kappa shape index (κ3) is 4.33. The predicted molar refractivity (Wildman–Crippen MR) is 111 cm³/mol. The second kappa shape index (κ2) is 9.07. The number of fused-ring (bicyclic) bond motifs is 1. The van der Waals surface area contributed by atoms with Gasteiger partial charge in [-0.1, -0.05) is 12.1 Å². The first-order chi connectivity index (χ1) is 13.7. The van der Waals surface area contributed by atoms with Gasteiger partial charge in [-0.2, -0.15) is 10.5 Å². The van der Waals surface area contributed by atoms with Crippen LogP contribution in [0.3, 0.4) is 0 Å². The van der Waals surface area contributed by atoms with Crippen LogP contribution in [0.1, 0.15) is 24.2 Å². The van der Waals surface area contributed by atoms with E-state index >= 15 is 0 Å². The van der Waals surface area contributed by atoms with E-state index < -0.39 is 0 Å². The van der Waals surface area contributed by atoms with E-state index in [1.54, 1.807) is 19.3 Å². The van der Waals surface area contributed by atoms with Gasteiger partial charge in [0.2, 0.25) is 0 Å². The Hall–Kier alpha value is -3.29. The van der Waals surface area contributed by atoms with E-state index in [0.717, 1.165) is 21.1 Å². The van der Waals surface area contributed by atoms with Gasteiger partial charge in [0.05, 0.1) is 40.9 Å². The second-order valence-electron chi connectivity index (χ2n) is 5.91. The Morgan fingerprint density at radius 3 is 2.79 bits per heavy atom. The van der Waals surface area contributed by atoms with E-state index in [0.29, 0.717) is 42.3 Å². The molecular formula is C21H17BrN4O2. The minimum atomic E-state index is 0.393. The van der Waals surface area contributed by atoms with Crippen LogP contribution in [0.2, 0.25) is 0 Å². The highest BCUT2D eigenvalue weighted by molar-refractivity contribution is 9.10. The molecule has 0 saturated carbocycles. The molecule has 0 aliphatic rings. The highest BCUT2D eigenvalue weighted by atomic mass is 79.9. The summed E-state index contributed by atoms with van der Waals surface area (Å²) in [5, 5.41) is 18.2. The van der Waals surface area contributed by atoms with Crippen LogP contribution in [0.5, 0.6) is 11.5 Å². The largest absolute Gasteiger partial charge is 0.496 e. The number of ether oxygens (including phenoxy) is 2. The first-order valence-corrected chi connectivity index (χ1v) is 9.39. The number of nitriles is 2. The summed E-state index contributed by atoms with van der Waals surface area (Å²) < 4.78 is 11.9. The van der Waals surface area contributed by atoms with E-state index in [1.165, 1.54) is 0 Å². The van der Waals surface area contributed by atoms with Crippen LogP contribution in [-0.2, 0) is 0 Å². The summed E-state index contributed by atoms with van der Waals surface area (Å²) in [5.41, 5.74) is 2.78. The highest BCUT2D eigenvalue weighted by Crippen LogP contribution is 2.35. The zero-order valence-corrected chi connectivity index (χ0v) is 16.8. The molecule has 0 spiro atoms. The Morgan fingerprint density at radius 2 is 2.07 bits per heavy atom. The van der Waals surface area contributed by atoms with Gasteiger partial charge < -0.3 is 14.5 Å². The molecule has 1 N–H and O–H groups in total. The van der Waals surface area contributed by atoms with Gasteiger partial charge >= 0.3 is 0 Å². The predicted octanol–water partition coefficient (Wildman–Crippen LogP) is 5.08. The number of halogens is 1. The van der Waals surface area contributed by atoms with Crippen LogP contribution in [-0.4, -0.2) is 23.7 Å². The lowest BCUT2D eigenvalue weighted by molar-refractivity contribution is 0.308. The fourth-order valence-electron chi connectivity index (χ4n) is 2.67. The summed E-state index contributed by atoms with van der Waals surface area (Å²) in [7, 11) is 1.56. The van der Waals surface area contributed by atoms with Gasteiger partial charge in [-0.15, -0.1) is 0 Å². The number of hydrogen-bond donors (Lipinski definition) is 1. The number of allylic oxidation sites excluding steroid dienone is 1. The molecule has 140 valence electrons. The molecule has 1 aromatic heterocycles. The molecule has 0 atom stereocenters. The number of benzene rings is 2. The number of nitrogens with zero attached hydrogens (tertiary/aromatic N) is 3. The fraction of sp³-hybridized carbons (Fsp3) is 0.190. The van der Waals surface area contributed by atoms with Crippen LogP contribution < -0.4 is 9.47 Å². The molecule has 0 unspecified atom stereocenters. The van der Waals surface area contributed by atoms with E-state index in [2.05, 4.69) is 38.0 Å². The van der Waals surface area contributed by atoms with E-state index in [9.17, 15) is 5.26 Å². The standard InChI is InChI=1S/C21H17BrN4O2/c1-27-19-12-20(28-9-5-4-8-23)16(22)11-14(19)10-15(13-24)21-25-17-6-2-3-7-18(17)26-21/h2-3,6-7,10-12H,4-5,9H2,1H3,(H,25,26). The van der Waals surface area contributed by atoms with Crippen molar-refractivity contribution in [2.75, 3.05) is 13.7 Å². The molecule has 0 bridgehead atoms. The van der Waals surface area contributed by atoms with Crippen molar-refractivity contribution >= 4 is 38.6 Å². The monoisotopic (exact) mass is 436 g/mol. The van der Waals surface area contributed by atoms with Crippen LogP contribution in [0.15, 0.2) is 40.9 Å². The number of rotatable bonds is 7. The fourth-order valence-corrected chi connectivity index (χ4v) is 3.15. The lowest BCUT2D eigenvalue weighted by Gasteiger charge is -2.12. The average Bonchev–Trinajstić information content (AvgIpc) is 3.14. The molecule has 1 heterocycles. The van der Waals surface area contributed by atoms with Gasteiger partial charge in [-0.05, 0) is 46.6 Å². The van der Waals surface area contributed by atoms with E-state index in [-0.39, 0.29) is 0 Å². The molecule has 28 heavy (non-hydrogen) atoms. The molecular weight excluding hydrogens is 420 g/mol. The van der Waals surface area contributed by atoms with Crippen molar-refractivity contribution in [3.8, 4) is 23.6 Å². The number of aromatic amines is 1. The smallest absolute Gasteiger partial charge is 0.149 e. The summed E-state index contributed by atoms with van der Waals surface area (Å²) in [6, 6.07) is 15.5. The lowest BCUT2D eigenvalue weighted by atomic mass is 10.1. The molecule has 3 aromatic rings. The number of aromatic nitrogens is 2. The Labute approximate surface area is 171 Å². The van der Waals surface area contributed by atoms with Gasteiger partial charge in [0.1, 0.15) is 23.4 Å². The first-order valence-electron chi connectivity index (χ1n) is 8.60. The van der Waals surface area contributed by atoms with Crippen molar-refractivity contribution < 1.29 is 9.47 Å². The van der Waals surface area contributed by atoms with Crippen LogP contribution in [0, 0.1) is 22.7 Å². The minimum absolute atomic E-state index is 0.393. The van der Waals surface area contributed by atoms with E-state index in [4.69, 9.17) is 14.7 Å². The summed E-state index contributed by atoms with van der Waals surface area (Å²) >= 11 is 3.49. The number of unbranched alkanes of at least 4 members (excludes halogenated alkanes) is 1. The maximum Gasteiger partial charge on any atom is 0.149 e. The number of imidazole rings is 1. The van der Waals surface area contributed by atoms with E-state index in [1.807, 2.05) is 30.3 Å². The summed E-state index contributed by atoms with van der Waals surface area (Å²) in [6.07, 6.45) is 2.82. The quantitative estimate of drug-likeness (QED) is 0.411. The molecule has 3 rings (SSSR count). The van der Waals surface area contributed by atoms with Gasteiger partial charge in [0.15, 0.2) is 0 Å². The Kier molecular flexibility index (Phi) is 6.31. The van der Waals surface area contributed by atoms with Crippen molar-refractivity contribution in [2.24, 2.45) is 0 Å². The van der Waals surface area contributed by atoms with Crippen molar-refractivity contribution in [3.05, 3.63) is 52.3 Å². The van der Waals surface area contributed by atoms with Gasteiger partial charge in [-0.3, -0.25) is 0 Å². The maximum absolute atomic E-state index is 9.64. The molecule has 0 radical (unpaired) electrons. The topological polar surface area (TPSA) is 94.7 Å². The number of methoxy groups -OCH3 is 1. The third-order valence-corrected chi connectivity index (χ3v) is 4.66. The lowest BCUT2D eigenvalue weighted by Crippen LogP contribution is -1.99. The van der Waals surface area contributed by atoms with Crippen molar-refractivity contribution in [1.29, 1.82) is 10.5 Å². The molecule has 0 fully saturated rings. The summed E-state index contributed by atoms with van der Waals surface area (Å²) in [4.78, 5) is 7.65. The molecule has 2 aromatic carbocycles. The number of nitrogens with one attached hydrogen (secondary N) is 1. The Morgan fingerprint density at radius 1 is 1.25 bits per heavy atom. The number of hydrogen-bond acceptors (Lipinski definition) is 5. The first kappa shape index (κ1) is 19.5. The zero-order chi connectivity index (χ0) is 19.9. The summed E-state index contributed by atoms with van der Waals surface area (Å²) in [6.45, 7) is 0.437. The van der Waals surface area contributed by atoms with Crippen LogP contribution in [0.25, 0.3) is 22.7 Å². The van der Waals surface area contributed by atoms with Crippen molar-refractivity contribution in [1.82, 2.24) is 9.97 Å². The van der Waals surface area contributed by atoms with Crippen molar-refractivity contribution in [2.45, 2.75) is 12.8 Å².